The van der Waals surface area contributed by atoms with Crippen LogP contribution < -0.4 is 9.47 Å². The Morgan fingerprint density at radius 2 is 2.00 bits per heavy atom. The van der Waals surface area contributed by atoms with Crippen LogP contribution in [0, 0.1) is 0 Å². The van der Waals surface area contributed by atoms with Crippen LogP contribution in [0.5, 0.6) is 11.5 Å². The van der Waals surface area contributed by atoms with Crippen molar-refractivity contribution in [1.82, 2.24) is 9.88 Å². The first kappa shape index (κ1) is 17.8. The summed E-state index contributed by atoms with van der Waals surface area (Å²) in [6.07, 6.45) is 1.73. The Labute approximate surface area is 156 Å². The highest BCUT2D eigenvalue weighted by atomic mass is 35.5. The molecule has 0 bridgehead atoms. The van der Waals surface area contributed by atoms with Crippen LogP contribution in [0.4, 0.5) is 0 Å². The fourth-order valence-electron chi connectivity index (χ4n) is 3.13. The van der Waals surface area contributed by atoms with Gasteiger partial charge in [0.05, 0.1) is 25.3 Å². The van der Waals surface area contributed by atoms with Crippen molar-refractivity contribution in [3.63, 3.8) is 0 Å². The number of ether oxygens (including phenoxy) is 2. The zero-order valence-corrected chi connectivity index (χ0v) is 15.5. The number of pyridine rings is 1. The minimum Gasteiger partial charge on any atom is -0.497 e. The zero-order chi connectivity index (χ0) is 18.0. The zero-order valence-electron chi connectivity index (χ0n) is 14.0. The van der Waals surface area contributed by atoms with E-state index in [0.717, 1.165) is 18.4 Å². The van der Waals surface area contributed by atoms with E-state index in [1.54, 1.807) is 31.3 Å². The number of halogens is 2. The number of hydrogen-bond acceptors (Lipinski definition) is 4. The van der Waals surface area contributed by atoms with Gasteiger partial charge in [0.2, 0.25) is 0 Å². The number of rotatable bonds is 4. The molecule has 2 aromatic rings. The molecule has 1 amide bonds. The summed E-state index contributed by atoms with van der Waals surface area (Å²) in [6.45, 7) is 0.628. The minimum atomic E-state index is -0.229. The van der Waals surface area contributed by atoms with Crippen molar-refractivity contribution in [3.05, 3.63) is 51.8 Å². The van der Waals surface area contributed by atoms with Gasteiger partial charge in [-0.25, -0.2) is 4.98 Å². The van der Waals surface area contributed by atoms with Crippen LogP contribution >= 0.6 is 23.2 Å². The SMILES string of the molecule is COc1ccc(C2CCCN2C(=O)c2nc(Cl)ccc2Cl)c(OC)c1. The van der Waals surface area contributed by atoms with E-state index in [0.29, 0.717) is 23.1 Å². The average molecular weight is 381 g/mol. The molecule has 0 radical (unpaired) electrons. The molecule has 25 heavy (non-hydrogen) atoms. The number of nitrogens with zero attached hydrogens (tertiary/aromatic N) is 2. The fraction of sp³-hybridized carbons (Fsp3) is 0.333. The van der Waals surface area contributed by atoms with Gasteiger partial charge in [0.1, 0.15) is 22.3 Å². The van der Waals surface area contributed by atoms with Crippen molar-refractivity contribution < 1.29 is 14.3 Å². The molecular formula is C18H18Cl2N2O3. The summed E-state index contributed by atoms with van der Waals surface area (Å²) in [6, 6.07) is 8.66. The molecule has 3 rings (SSSR count). The first-order chi connectivity index (χ1) is 12.0. The van der Waals surface area contributed by atoms with Crippen molar-refractivity contribution in [3.8, 4) is 11.5 Å². The number of benzene rings is 1. The van der Waals surface area contributed by atoms with Crippen molar-refractivity contribution in [1.29, 1.82) is 0 Å². The summed E-state index contributed by atoms with van der Waals surface area (Å²) in [5, 5.41) is 0.535. The standard InChI is InChI=1S/C18H18Cl2N2O3/c1-24-11-5-6-12(15(10-11)25-2)14-4-3-9-22(14)18(23)17-13(19)7-8-16(20)21-17/h5-8,10,14H,3-4,9H2,1-2H3. The van der Waals surface area contributed by atoms with E-state index in [2.05, 4.69) is 4.98 Å². The van der Waals surface area contributed by atoms with E-state index in [4.69, 9.17) is 32.7 Å². The minimum absolute atomic E-state index is 0.106. The van der Waals surface area contributed by atoms with Crippen molar-refractivity contribution in [2.24, 2.45) is 0 Å². The lowest BCUT2D eigenvalue weighted by Crippen LogP contribution is -2.31. The van der Waals surface area contributed by atoms with Crippen LogP contribution in [0.1, 0.15) is 34.9 Å². The number of likely N-dealkylation sites (tertiary alicyclic amines) is 1. The molecular weight excluding hydrogens is 363 g/mol. The smallest absolute Gasteiger partial charge is 0.274 e. The molecule has 1 unspecified atom stereocenters. The van der Waals surface area contributed by atoms with Gasteiger partial charge in [0, 0.05) is 18.2 Å². The van der Waals surface area contributed by atoms with Crippen molar-refractivity contribution in [2.75, 3.05) is 20.8 Å². The molecule has 1 atom stereocenters. The lowest BCUT2D eigenvalue weighted by molar-refractivity contribution is 0.0728. The summed E-state index contributed by atoms with van der Waals surface area (Å²) in [5.41, 5.74) is 1.11. The Morgan fingerprint density at radius 1 is 1.20 bits per heavy atom. The third-order valence-electron chi connectivity index (χ3n) is 4.33. The second kappa shape index (κ2) is 7.50. The second-order valence-corrected chi connectivity index (χ2v) is 6.52. The van der Waals surface area contributed by atoms with E-state index in [1.165, 1.54) is 0 Å². The molecule has 1 aliphatic rings. The van der Waals surface area contributed by atoms with Gasteiger partial charge < -0.3 is 14.4 Å². The molecule has 5 nitrogen and oxygen atoms in total. The van der Waals surface area contributed by atoms with Gasteiger partial charge in [-0.1, -0.05) is 23.2 Å². The van der Waals surface area contributed by atoms with Crippen LogP contribution in [-0.4, -0.2) is 36.6 Å². The maximum absolute atomic E-state index is 13.0. The maximum atomic E-state index is 13.0. The molecule has 1 saturated heterocycles. The average Bonchev–Trinajstić information content (AvgIpc) is 3.12. The third-order valence-corrected chi connectivity index (χ3v) is 4.84. The number of carbonyl (C=O) groups is 1. The topological polar surface area (TPSA) is 51.7 Å². The Bertz CT molecular complexity index is 798. The van der Waals surface area contributed by atoms with Crippen LogP contribution in [0.25, 0.3) is 0 Å². The number of aromatic nitrogens is 1. The summed E-state index contributed by atoms with van der Waals surface area (Å²) < 4.78 is 10.7. The van der Waals surface area contributed by atoms with E-state index in [1.807, 2.05) is 18.2 Å². The Morgan fingerprint density at radius 3 is 2.72 bits per heavy atom. The van der Waals surface area contributed by atoms with Crippen LogP contribution in [0.3, 0.4) is 0 Å². The second-order valence-electron chi connectivity index (χ2n) is 5.73. The van der Waals surface area contributed by atoms with E-state index < -0.39 is 0 Å². The van der Waals surface area contributed by atoms with Crippen LogP contribution in [-0.2, 0) is 0 Å². The Kier molecular flexibility index (Phi) is 5.35. The van der Waals surface area contributed by atoms with Gasteiger partial charge in [-0.3, -0.25) is 4.79 Å². The van der Waals surface area contributed by atoms with Gasteiger partial charge in [-0.15, -0.1) is 0 Å². The van der Waals surface area contributed by atoms with Gasteiger partial charge >= 0.3 is 0 Å². The first-order valence-electron chi connectivity index (χ1n) is 7.90. The predicted octanol–water partition coefficient (Wildman–Crippen LogP) is 4.38. The summed E-state index contributed by atoms with van der Waals surface area (Å²) in [4.78, 5) is 18.9. The van der Waals surface area contributed by atoms with Crippen molar-refractivity contribution >= 4 is 29.1 Å². The summed E-state index contributed by atoms with van der Waals surface area (Å²) in [5.74, 6) is 1.16. The lowest BCUT2D eigenvalue weighted by atomic mass is 10.0. The fourth-order valence-corrected chi connectivity index (χ4v) is 3.46. The highest BCUT2D eigenvalue weighted by molar-refractivity contribution is 6.34. The first-order valence-corrected chi connectivity index (χ1v) is 8.65. The normalized spacial score (nSPS) is 16.8. The van der Waals surface area contributed by atoms with Gasteiger partial charge in [-0.2, -0.15) is 0 Å². The van der Waals surface area contributed by atoms with Gasteiger partial charge in [0.25, 0.3) is 5.91 Å². The maximum Gasteiger partial charge on any atom is 0.274 e. The molecule has 2 heterocycles. The van der Waals surface area contributed by atoms with E-state index >= 15 is 0 Å². The van der Waals surface area contributed by atoms with E-state index in [-0.39, 0.29) is 22.8 Å². The number of carbonyl (C=O) groups excluding carboxylic acids is 1. The van der Waals surface area contributed by atoms with Crippen LogP contribution in [0.2, 0.25) is 10.2 Å². The Balaban J connectivity index is 1.95. The number of methoxy groups -OCH3 is 2. The van der Waals surface area contributed by atoms with Gasteiger partial charge in [-0.05, 0) is 37.1 Å². The molecule has 7 heteroatoms. The van der Waals surface area contributed by atoms with Crippen molar-refractivity contribution in [2.45, 2.75) is 18.9 Å². The number of amides is 1. The largest absolute Gasteiger partial charge is 0.497 e. The predicted molar refractivity (Wildman–Crippen MR) is 96.8 cm³/mol. The molecule has 1 aliphatic heterocycles. The molecule has 132 valence electrons. The molecule has 1 fully saturated rings. The molecule has 0 aliphatic carbocycles. The molecule has 0 saturated carbocycles. The molecule has 0 N–H and O–H groups in total. The molecule has 0 spiro atoms. The highest BCUT2D eigenvalue weighted by Crippen LogP contribution is 2.39. The summed E-state index contributed by atoms with van der Waals surface area (Å²) in [7, 11) is 3.21. The Hall–Kier alpha value is -1.98. The lowest BCUT2D eigenvalue weighted by Gasteiger charge is -2.26. The quantitative estimate of drug-likeness (QED) is 0.738. The molecule has 1 aromatic heterocycles. The highest BCUT2D eigenvalue weighted by Gasteiger charge is 2.34. The number of hydrogen-bond donors (Lipinski definition) is 0. The third kappa shape index (κ3) is 3.53. The monoisotopic (exact) mass is 380 g/mol. The molecule has 1 aromatic carbocycles. The van der Waals surface area contributed by atoms with Crippen LogP contribution in [0.15, 0.2) is 30.3 Å². The van der Waals surface area contributed by atoms with Gasteiger partial charge in [0.15, 0.2) is 0 Å². The summed E-state index contributed by atoms with van der Waals surface area (Å²) >= 11 is 12.1. The van der Waals surface area contributed by atoms with E-state index in [9.17, 15) is 4.79 Å².